The highest BCUT2D eigenvalue weighted by atomic mass is 32.2. The number of benzene rings is 1. The summed E-state index contributed by atoms with van der Waals surface area (Å²) in [4.78, 5) is 0.259. The Morgan fingerprint density at radius 2 is 0.987 bits per heavy atom. The number of sulfone groups is 1. The summed E-state index contributed by atoms with van der Waals surface area (Å²) in [5.74, 6) is 1.26. The second kappa shape index (κ2) is 23.2. The molecule has 6 nitrogen and oxygen atoms in total. The van der Waals surface area contributed by atoms with Crippen molar-refractivity contribution in [1.82, 2.24) is 0 Å². The highest BCUT2D eigenvalue weighted by Gasteiger charge is 2.61. The van der Waals surface area contributed by atoms with Crippen molar-refractivity contribution in [1.29, 1.82) is 0 Å². The lowest BCUT2D eigenvalue weighted by molar-refractivity contribution is -0.109. The van der Waals surface area contributed by atoms with Crippen LogP contribution in [0.2, 0.25) is 0 Å². The Bertz CT molecular complexity index is 2410. The lowest BCUT2D eigenvalue weighted by Gasteiger charge is -2.55. The first-order chi connectivity index (χ1) is 36.2. The molecular formula is C68H108F4O6S. The van der Waals surface area contributed by atoms with Crippen molar-refractivity contribution < 1.29 is 46.4 Å². The summed E-state index contributed by atoms with van der Waals surface area (Å²) in [5, 5.41) is 43.6. The van der Waals surface area contributed by atoms with Crippen LogP contribution in [0.3, 0.4) is 0 Å². The van der Waals surface area contributed by atoms with Crippen LogP contribution < -0.4 is 0 Å². The Hall–Kier alpha value is -1.79. The van der Waals surface area contributed by atoms with E-state index in [0.29, 0.717) is 53.3 Å². The first kappa shape index (κ1) is 63.2. The summed E-state index contributed by atoms with van der Waals surface area (Å²) in [5.41, 5.74) is 0.140. The average Bonchev–Trinajstić information content (AvgIpc) is 4.23. The Labute approximate surface area is 476 Å². The van der Waals surface area contributed by atoms with E-state index in [-0.39, 0.29) is 81.9 Å². The molecule has 450 valence electrons. The average molecular weight is 1130 g/mol. The number of hydrogen-bond donors (Lipinski definition) is 4. The van der Waals surface area contributed by atoms with Crippen LogP contribution in [-0.2, 0) is 9.84 Å². The third-order valence-electron chi connectivity index (χ3n) is 25.5. The van der Waals surface area contributed by atoms with Crippen molar-refractivity contribution in [3.63, 3.8) is 0 Å². The number of aliphatic hydroxyl groups is 4. The zero-order chi connectivity index (χ0) is 55.2. The zero-order valence-corrected chi connectivity index (χ0v) is 48.9. The maximum atomic E-state index is 14.3. The quantitative estimate of drug-likeness (QED) is 0.122. The summed E-state index contributed by atoms with van der Waals surface area (Å²) in [6, 6.07) is 8.53. The third kappa shape index (κ3) is 12.2. The molecule has 8 saturated carbocycles. The summed E-state index contributed by atoms with van der Waals surface area (Å²) in [7, 11) is -3.80. The molecule has 10 aliphatic carbocycles. The number of halogens is 4. The maximum Gasteiger partial charge on any atom is 0.248 e. The van der Waals surface area contributed by atoms with Crippen molar-refractivity contribution in [2.45, 2.75) is 287 Å². The predicted molar refractivity (Wildman–Crippen MR) is 311 cm³/mol. The largest absolute Gasteiger partial charge is 0.390 e. The second-order valence-electron chi connectivity index (χ2n) is 29.3. The van der Waals surface area contributed by atoms with Gasteiger partial charge in [0.2, 0.25) is 11.8 Å². The fraction of sp³-hybridized carbons (Fsp3) is 0.853. The molecule has 79 heavy (non-hydrogen) atoms. The number of hydrogen-bond acceptors (Lipinski definition) is 6. The molecule has 0 bridgehead atoms. The monoisotopic (exact) mass is 1130 g/mol. The van der Waals surface area contributed by atoms with E-state index < -0.39 is 62.2 Å². The molecule has 8 fully saturated rings. The lowest BCUT2D eigenvalue weighted by Crippen LogP contribution is -2.50. The molecule has 11 rings (SSSR count). The van der Waals surface area contributed by atoms with E-state index in [0.717, 1.165) is 108 Å². The molecule has 17 atom stereocenters. The van der Waals surface area contributed by atoms with Gasteiger partial charge in [-0.3, -0.25) is 0 Å². The smallest absolute Gasteiger partial charge is 0.248 e. The first-order valence-corrected chi connectivity index (χ1v) is 33.0. The summed E-state index contributed by atoms with van der Waals surface area (Å²) in [6.07, 6.45) is 25.2. The van der Waals surface area contributed by atoms with Crippen molar-refractivity contribution in [2.75, 3.05) is 0 Å². The molecule has 0 aromatic heterocycles. The SMILES string of the molecule is C.C.CC[C@]1(O)CC[C@H]2C(=CC[C@@H]3[C@@H]2CC[C@]2(C)[C@@H]([C@H](C)C(CC4(O)CCC(F)(F)CC4)S(=O)(=O)c4ccccc4)CC[C@@H]32)C1.CC[C@]1(O)CC[C@H]2C(=CC[C@@H]3[C@@H]2CC[C@]2(C)[C@@H]([C@H](C)CCC4(O)CCC(F)(F)CC4)CC[C@@H]32)C1. The van der Waals surface area contributed by atoms with Crippen LogP contribution in [0.15, 0.2) is 58.5 Å². The van der Waals surface area contributed by atoms with Gasteiger partial charge in [0.05, 0.1) is 32.5 Å². The molecule has 0 amide bonds. The minimum Gasteiger partial charge on any atom is -0.390 e. The van der Waals surface area contributed by atoms with Gasteiger partial charge in [-0.1, -0.05) is 97.9 Å². The summed E-state index contributed by atoms with van der Waals surface area (Å²) < 4.78 is 84.0. The molecule has 0 heterocycles. The molecule has 11 heteroatoms. The van der Waals surface area contributed by atoms with Crippen LogP contribution in [0, 0.1) is 81.8 Å². The van der Waals surface area contributed by atoms with E-state index in [4.69, 9.17) is 0 Å². The van der Waals surface area contributed by atoms with Gasteiger partial charge in [0.1, 0.15) is 0 Å². The van der Waals surface area contributed by atoms with Crippen LogP contribution >= 0.6 is 0 Å². The minimum atomic E-state index is -3.80. The van der Waals surface area contributed by atoms with Crippen molar-refractivity contribution in [3.8, 4) is 0 Å². The second-order valence-corrected chi connectivity index (χ2v) is 31.5. The lowest BCUT2D eigenvalue weighted by atomic mass is 9.50. The third-order valence-corrected chi connectivity index (χ3v) is 27.8. The van der Waals surface area contributed by atoms with Crippen molar-refractivity contribution in [3.05, 3.63) is 53.6 Å². The van der Waals surface area contributed by atoms with Crippen LogP contribution in [-0.4, -0.2) is 68.3 Å². The van der Waals surface area contributed by atoms with Gasteiger partial charge >= 0.3 is 0 Å². The molecule has 1 aromatic rings. The van der Waals surface area contributed by atoms with Gasteiger partial charge in [-0.15, -0.1) is 0 Å². The topological polar surface area (TPSA) is 115 Å². The van der Waals surface area contributed by atoms with Gasteiger partial charge in [-0.2, -0.15) is 0 Å². The van der Waals surface area contributed by atoms with Crippen molar-refractivity contribution >= 4 is 9.84 Å². The van der Waals surface area contributed by atoms with E-state index in [9.17, 15) is 46.4 Å². The van der Waals surface area contributed by atoms with Crippen LogP contribution in [0.25, 0.3) is 0 Å². The highest BCUT2D eigenvalue weighted by molar-refractivity contribution is 7.92. The molecule has 1 unspecified atom stereocenters. The van der Waals surface area contributed by atoms with Crippen LogP contribution in [0.5, 0.6) is 0 Å². The number of fused-ring (bicyclic) bond motifs is 10. The standard InChI is InChI=1S/C36H52F2O4S.C30H48F2O2.2CH4/c1-4-34(39)17-15-27-25(22-34)10-11-29-28(27)14-16-33(3)30(12-13-31(29)33)24(2)32(43(41,42)26-8-6-5-7-9-26)23-35(40)18-20-36(37,38)21-19-35;1-4-28(33)14-11-22-21(19-28)5-6-24-23(22)10-12-27(3)25(7-8-26(24)27)20(2)9-13-29(34)15-17-30(31,32)18-16-29;;/h5-10,24,27-32,39-40H,4,11-23H2,1-3H3;5,20,22-26,33-34H,4,6-19H2,1-3H3;2*1H4/t24-,27-,28+,29+,30+,31-,32?,33+,34-;20-,22+,23-,24-,25-,26+,27-,28+;;/m01../s1. The van der Waals surface area contributed by atoms with Gasteiger partial charge in [0.15, 0.2) is 9.84 Å². The molecule has 10 aliphatic rings. The van der Waals surface area contributed by atoms with Crippen LogP contribution in [0.4, 0.5) is 17.6 Å². The Morgan fingerprint density at radius 1 is 0.544 bits per heavy atom. The van der Waals surface area contributed by atoms with E-state index in [1.165, 1.54) is 37.7 Å². The van der Waals surface area contributed by atoms with E-state index in [2.05, 4.69) is 53.7 Å². The van der Waals surface area contributed by atoms with Gasteiger partial charge in [0, 0.05) is 25.7 Å². The fourth-order valence-corrected chi connectivity index (χ4v) is 22.7. The maximum absolute atomic E-state index is 14.3. The molecular weight excluding hydrogens is 1020 g/mol. The van der Waals surface area contributed by atoms with Gasteiger partial charge in [-0.25, -0.2) is 26.0 Å². The number of alkyl halides is 4. The molecule has 1 aromatic carbocycles. The normalized spacial score (nSPS) is 41.6. The summed E-state index contributed by atoms with van der Waals surface area (Å²) in [6.45, 7) is 13.6. The van der Waals surface area contributed by atoms with Crippen molar-refractivity contribution in [2.24, 2.45) is 81.8 Å². The predicted octanol–water partition coefficient (Wildman–Crippen LogP) is 17.1. The first-order valence-electron chi connectivity index (χ1n) is 31.5. The van der Waals surface area contributed by atoms with E-state index in [1.807, 2.05) is 0 Å². The molecule has 4 N–H and O–H groups in total. The van der Waals surface area contributed by atoms with Gasteiger partial charge in [0.25, 0.3) is 0 Å². The number of allylic oxidation sites excluding steroid dienone is 2. The minimum absolute atomic E-state index is 0. The zero-order valence-electron chi connectivity index (χ0n) is 48.1. The number of rotatable bonds is 12. The van der Waals surface area contributed by atoms with Crippen LogP contribution in [0.1, 0.15) is 243 Å². The van der Waals surface area contributed by atoms with E-state index >= 15 is 0 Å². The molecule has 0 spiro atoms. The van der Waals surface area contributed by atoms with Gasteiger partial charge in [-0.05, 0) is 254 Å². The highest BCUT2D eigenvalue weighted by Crippen LogP contribution is 2.67. The molecule has 0 saturated heterocycles. The molecule has 0 aliphatic heterocycles. The van der Waals surface area contributed by atoms with E-state index in [1.54, 1.807) is 35.9 Å². The Kier molecular flexibility index (Phi) is 18.6. The van der Waals surface area contributed by atoms with Gasteiger partial charge < -0.3 is 20.4 Å². The molecule has 0 radical (unpaired) electrons. The Morgan fingerprint density at radius 3 is 1.46 bits per heavy atom. The fourth-order valence-electron chi connectivity index (χ4n) is 20.5. The summed E-state index contributed by atoms with van der Waals surface area (Å²) >= 11 is 0. The Balaban J connectivity index is 0.000000208.